The molecule has 9 heteroatoms. The Hall–Kier alpha value is -2.81. The predicted molar refractivity (Wildman–Crippen MR) is 117 cm³/mol. The van der Waals surface area contributed by atoms with Gasteiger partial charge in [0.25, 0.3) is 5.89 Å². The van der Waals surface area contributed by atoms with Crippen molar-refractivity contribution in [1.82, 2.24) is 20.4 Å². The number of halogens is 1. The van der Waals surface area contributed by atoms with Gasteiger partial charge in [-0.15, -0.1) is 11.3 Å². The van der Waals surface area contributed by atoms with Crippen molar-refractivity contribution in [3.63, 3.8) is 0 Å². The minimum absolute atomic E-state index is 0.0455. The van der Waals surface area contributed by atoms with Gasteiger partial charge in [-0.05, 0) is 44.9 Å². The van der Waals surface area contributed by atoms with Crippen LogP contribution in [0.25, 0.3) is 11.5 Å². The maximum absolute atomic E-state index is 14.8. The highest BCUT2D eigenvalue weighted by molar-refractivity contribution is 7.11. The first-order valence-corrected chi connectivity index (χ1v) is 11.3. The Labute approximate surface area is 184 Å². The number of rotatable bonds is 6. The van der Waals surface area contributed by atoms with Crippen molar-refractivity contribution < 1.29 is 13.7 Å². The second-order valence-electron chi connectivity index (χ2n) is 7.76. The van der Waals surface area contributed by atoms with Crippen molar-refractivity contribution in [3.8, 4) is 11.5 Å². The van der Waals surface area contributed by atoms with Crippen LogP contribution in [-0.4, -0.2) is 34.1 Å². The first-order chi connectivity index (χ1) is 14.9. The lowest BCUT2D eigenvalue weighted by Crippen LogP contribution is -2.40. The predicted octanol–water partition coefficient (Wildman–Crippen LogP) is 4.04. The Morgan fingerprint density at radius 1 is 1.29 bits per heavy atom. The van der Waals surface area contributed by atoms with Gasteiger partial charge in [-0.3, -0.25) is 4.79 Å². The van der Waals surface area contributed by atoms with Crippen molar-refractivity contribution in [2.45, 2.75) is 46.6 Å². The summed E-state index contributed by atoms with van der Waals surface area (Å²) in [7, 11) is 0. The molecule has 7 nitrogen and oxygen atoms in total. The van der Waals surface area contributed by atoms with Gasteiger partial charge in [-0.25, -0.2) is 9.37 Å². The van der Waals surface area contributed by atoms with E-state index in [9.17, 15) is 9.18 Å². The van der Waals surface area contributed by atoms with E-state index in [1.54, 1.807) is 23.5 Å². The lowest BCUT2D eigenvalue weighted by Gasteiger charge is -2.33. The molecule has 1 saturated heterocycles. The Balaban J connectivity index is 1.33. The highest BCUT2D eigenvalue weighted by atomic mass is 32.1. The molecule has 3 aromatic rings. The lowest BCUT2D eigenvalue weighted by atomic mass is 9.95. The molecule has 0 aliphatic carbocycles. The first kappa shape index (κ1) is 21.4. The fourth-order valence-electron chi connectivity index (χ4n) is 3.72. The summed E-state index contributed by atoms with van der Waals surface area (Å²) >= 11 is 1.61. The number of thiazole rings is 1. The number of hydrogen-bond acceptors (Lipinski definition) is 7. The second kappa shape index (κ2) is 9.13. The minimum Gasteiger partial charge on any atom is -0.369 e. The van der Waals surface area contributed by atoms with Crippen LogP contribution in [0.3, 0.4) is 0 Å². The van der Waals surface area contributed by atoms with E-state index in [0.717, 1.165) is 10.7 Å². The topological polar surface area (TPSA) is 84.2 Å². The van der Waals surface area contributed by atoms with Gasteiger partial charge in [0.1, 0.15) is 10.8 Å². The second-order valence-corrected chi connectivity index (χ2v) is 9.05. The van der Waals surface area contributed by atoms with Gasteiger partial charge in [0.15, 0.2) is 5.82 Å². The van der Waals surface area contributed by atoms with Crippen LogP contribution in [0.1, 0.15) is 41.2 Å². The molecule has 1 aliphatic rings. The molecule has 1 aliphatic heterocycles. The number of hydrogen-bond donors (Lipinski definition) is 1. The number of anilines is 1. The number of piperidine rings is 1. The Bertz CT molecular complexity index is 1050. The Morgan fingerprint density at radius 2 is 2.06 bits per heavy atom. The molecule has 164 valence electrons. The molecule has 1 fully saturated rings. The van der Waals surface area contributed by atoms with Crippen LogP contribution in [0.5, 0.6) is 0 Å². The maximum Gasteiger partial charge on any atom is 0.258 e. The molecule has 4 rings (SSSR count). The number of benzene rings is 1. The molecule has 0 atom stereocenters. The van der Waals surface area contributed by atoms with Crippen LogP contribution in [0.4, 0.5) is 10.1 Å². The quantitative estimate of drug-likeness (QED) is 0.619. The van der Waals surface area contributed by atoms with Crippen molar-refractivity contribution >= 4 is 22.9 Å². The third-order valence-corrected chi connectivity index (χ3v) is 6.74. The van der Waals surface area contributed by atoms with Gasteiger partial charge in [0, 0.05) is 35.9 Å². The minimum atomic E-state index is -0.328. The molecular weight excluding hydrogens is 417 g/mol. The standard InChI is InChI=1S/C22H26FN5O2S/c1-4-19-26-22(30-27-19)16-5-6-18(17(23)11-16)28-9-7-15(8-10-28)21(29)24-12-20-25-13(2)14(3)31-20/h5-6,11,15H,4,7-10,12H2,1-3H3,(H,24,29). The van der Waals surface area contributed by atoms with Gasteiger partial charge in [0.2, 0.25) is 5.91 Å². The van der Waals surface area contributed by atoms with E-state index in [2.05, 4.69) is 20.4 Å². The van der Waals surface area contributed by atoms with Gasteiger partial charge in [-0.1, -0.05) is 12.1 Å². The summed E-state index contributed by atoms with van der Waals surface area (Å²) in [6, 6.07) is 4.97. The van der Waals surface area contributed by atoms with Gasteiger partial charge < -0.3 is 14.7 Å². The average Bonchev–Trinajstić information content (AvgIpc) is 3.38. The molecule has 1 amide bonds. The molecule has 1 aromatic carbocycles. The summed E-state index contributed by atoms with van der Waals surface area (Å²) in [6.45, 7) is 7.66. The molecule has 31 heavy (non-hydrogen) atoms. The van der Waals surface area contributed by atoms with E-state index in [4.69, 9.17) is 4.52 Å². The smallest absolute Gasteiger partial charge is 0.258 e. The molecule has 0 unspecified atom stereocenters. The van der Waals surface area contributed by atoms with E-state index in [-0.39, 0.29) is 17.6 Å². The van der Waals surface area contributed by atoms with Crippen LogP contribution in [0, 0.1) is 25.6 Å². The summed E-state index contributed by atoms with van der Waals surface area (Å²) in [5.74, 6) is 0.574. The van der Waals surface area contributed by atoms with Crippen molar-refractivity contribution in [2.24, 2.45) is 5.92 Å². The lowest BCUT2D eigenvalue weighted by molar-refractivity contribution is -0.125. The van der Waals surface area contributed by atoms with E-state index in [0.29, 0.717) is 61.9 Å². The SMILES string of the molecule is CCc1noc(-c2ccc(N3CCC(C(=O)NCc4nc(C)c(C)s4)CC3)c(F)c2)n1. The van der Waals surface area contributed by atoms with E-state index in [1.165, 1.54) is 10.9 Å². The normalized spacial score (nSPS) is 14.8. The fourth-order valence-corrected chi connectivity index (χ4v) is 4.59. The van der Waals surface area contributed by atoms with E-state index >= 15 is 0 Å². The highest BCUT2D eigenvalue weighted by Gasteiger charge is 2.26. The number of amides is 1. The largest absolute Gasteiger partial charge is 0.369 e. The summed E-state index contributed by atoms with van der Waals surface area (Å²) in [5, 5.41) is 7.78. The Kier molecular flexibility index (Phi) is 6.31. The molecule has 0 saturated carbocycles. The summed E-state index contributed by atoms with van der Waals surface area (Å²) < 4.78 is 20.0. The number of nitrogens with zero attached hydrogens (tertiary/aromatic N) is 4. The first-order valence-electron chi connectivity index (χ1n) is 10.5. The monoisotopic (exact) mass is 443 g/mol. The van der Waals surface area contributed by atoms with Crippen molar-refractivity contribution in [3.05, 3.63) is 45.4 Å². The summed E-state index contributed by atoms with van der Waals surface area (Å²) in [5.41, 5.74) is 2.11. The van der Waals surface area contributed by atoms with Gasteiger partial charge in [0.05, 0.1) is 17.9 Å². The van der Waals surface area contributed by atoms with Crippen LogP contribution >= 0.6 is 11.3 Å². The number of aryl methyl sites for hydroxylation is 3. The zero-order valence-electron chi connectivity index (χ0n) is 17.9. The third kappa shape index (κ3) is 4.76. The molecule has 0 radical (unpaired) electrons. The van der Waals surface area contributed by atoms with Crippen molar-refractivity contribution in [1.29, 1.82) is 0 Å². The van der Waals surface area contributed by atoms with Gasteiger partial charge >= 0.3 is 0 Å². The fraction of sp³-hybridized carbons (Fsp3) is 0.455. The highest BCUT2D eigenvalue weighted by Crippen LogP contribution is 2.29. The Morgan fingerprint density at radius 3 is 2.68 bits per heavy atom. The zero-order chi connectivity index (χ0) is 22.0. The van der Waals surface area contributed by atoms with E-state index < -0.39 is 0 Å². The summed E-state index contributed by atoms with van der Waals surface area (Å²) in [4.78, 5) is 24.4. The number of carbonyl (C=O) groups is 1. The van der Waals surface area contributed by atoms with Crippen molar-refractivity contribution in [2.75, 3.05) is 18.0 Å². The molecule has 0 spiro atoms. The number of aromatic nitrogens is 3. The molecule has 2 aromatic heterocycles. The van der Waals surface area contributed by atoms with Crippen LogP contribution in [0.2, 0.25) is 0 Å². The molecular formula is C22H26FN5O2S. The number of nitrogens with one attached hydrogen (secondary N) is 1. The molecule has 0 bridgehead atoms. The average molecular weight is 444 g/mol. The number of carbonyl (C=O) groups excluding carboxylic acids is 1. The molecule has 1 N–H and O–H groups in total. The third-order valence-electron chi connectivity index (χ3n) is 5.67. The zero-order valence-corrected chi connectivity index (χ0v) is 18.8. The van der Waals surface area contributed by atoms with Crippen LogP contribution < -0.4 is 10.2 Å². The van der Waals surface area contributed by atoms with Crippen LogP contribution in [0.15, 0.2) is 22.7 Å². The van der Waals surface area contributed by atoms with Gasteiger partial charge in [-0.2, -0.15) is 4.98 Å². The summed E-state index contributed by atoms with van der Waals surface area (Å²) in [6.07, 6.45) is 2.04. The maximum atomic E-state index is 14.8. The molecule has 3 heterocycles. The van der Waals surface area contributed by atoms with Crippen LogP contribution in [-0.2, 0) is 17.8 Å². The van der Waals surface area contributed by atoms with E-state index in [1.807, 2.05) is 25.7 Å².